The molecule has 0 spiro atoms. The number of nitrogens with two attached hydrogens (primary N) is 1. The first kappa shape index (κ1) is 9.06. The van der Waals surface area contributed by atoms with Crippen molar-refractivity contribution in [2.75, 3.05) is 11.9 Å². The molecule has 0 aliphatic rings. The lowest BCUT2D eigenvalue weighted by Crippen LogP contribution is -2.28. The van der Waals surface area contributed by atoms with Crippen LogP contribution in [0, 0.1) is 0 Å². The Balaban J connectivity index is 2.38. The topological polar surface area (TPSA) is 55.9 Å². The molecule has 3 N–H and O–H groups in total. The Labute approximate surface area is 72.8 Å². The molecule has 1 aromatic heterocycles. The lowest BCUT2D eigenvalue weighted by atomic mass is 10.2. The number of nitrogens with zero attached hydrogens (tertiary/aromatic N) is 2. The minimum atomic E-state index is 0.210. The molecule has 0 aliphatic heterocycles. The number of hydrogen-bond donors (Lipinski definition) is 2. The molecule has 1 atom stereocenters. The van der Waals surface area contributed by atoms with Crippen LogP contribution in [0.15, 0.2) is 12.4 Å². The second-order valence-electron chi connectivity index (χ2n) is 2.91. The molecular formula is C8H16N4. The Bertz CT molecular complexity index is 231. The van der Waals surface area contributed by atoms with E-state index in [-0.39, 0.29) is 6.04 Å². The summed E-state index contributed by atoms with van der Waals surface area (Å²) in [5, 5.41) is 3.17. The molecule has 4 heteroatoms. The van der Waals surface area contributed by atoms with Gasteiger partial charge in [0.25, 0.3) is 0 Å². The van der Waals surface area contributed by atoms with Gasteiger partial charge in [-0.3, -0.25) is 0 Å². The first-order chi connectivity index (χ1) is 5.74. The summed E-state index contributed by atoms with van der Waals surface area (Å²) in [5.74, 6) is 0.874. The second-order valence-corrected chi connectivity index (χ2v) is 2.91. The van der Waals surface area contributed by atoms with Gasteiger partial charge in [-0.25, -0.2) is 4.98 Å². The highest BCUT2D eigenvalue weighted by atomic mass is 15.2. The first-order valence-corrected chi connectivity index (χ1v) is 4.20. The van der Waals surface area contributed by atoms with Crippen molar-refractivity contribution < 1.29 is 0 Å². The van der Waals surface area contributed by atoms with Crippen molar-refractivity contribution in [2.45, 2.75) is 19.4 Å². The van der Waals surface area contributed by atoms with Crippen LogP contribution in [-0.4, -0.2) is 22.1 Å². The normalized spacial score (nSPS) is 12.9. The molecule has 4 nitrogen and oxygen atoms in total. The number of rotatable bonds is 4. The van der Waals surface area contributed by atoms with E-state index in [0.717, 1.165) is 18.9 Å². The third kappa shape index (κ3) is 2.23. The summed E-state index contributed by atoms with van der Waals surface area (Å²) in [7, 11) is 1.95. The van der Waals surface area contributed by atoms with Crippen LogP contribution in [-0.2, 0) is 7.05 Å². The number of anilines is 1. The zero-order valence-electron chi connectivity index (χ0n) is 7.62. The standard InChI is InChI=1S/C8H16N4/c1-3-7(9)6-11-8-10-4-5-12(8)2/h4-5,7H,3,6,9H2,1-2H3,(H,10,11). The largest absolute Gasteiger partial charge is 0.354 e. The summed E-state index contributed by atoms with van der Waals surface area (Å²) in [6.07, 6.45) is 4.65. The average Bonchev–Trinajstić information content (AvgIpc) is 2.47. The van der Waals surface area contributed by atoms with Crippen LogP contribution in [0.25, 0.3) is 0 Å². The molecule has 1 heterocycles. The van der Waals surface area contributed by atoms with Gasteiger partial charge in [0.1, 0.15) is 0 Å². The molecule has 1 unspecified atom stereocenters. The molecule has 12 heavy (non-hydrogen) atoms. The van der Waals surface area contributed by atoms with Crippen molar-refractivity contribution >= 4 is 5.95 Å². The van der Waals surface area contributed by atoms with Crippen molar-refractivity contribution in [3.05, 3.63) is 12.4 Å². The van der Waals surface area contributed by atoms with Crippen molar-refractivity contribution in [3.63, 3.8) is 0 Å². The molecule has 0 radical (unpaired) electrons. The highest BCUT2D eigenvalue weighted by Crippen LogP contribution is 2.00. The molecule has 1 aromatic rings. The molecule has 0 aromatic carbocycles. The first-order valence-electron chi connectivity index (χ1n) is 4.20. The molecule has 0 saturated carbocycles. The molecule has 1 rings (SSSR count). The van der Waals surface area contributed by atoms with Gasteiger partial charge < -0.3 is 15.6 Å². The van der Waals surface area contributed by atoms with Crippen LogP contribution in [0.4, 0.5) is 5.95 Å². The number of aromatic nitrogens is 2. The predicted molar refractivity (Wildman–Crippen MR) is 50.0 cm³/mol. The van der Waals surface area contributed by atoms with Gasteiger partial charge >= 0.3 is 0 Å². The van der Waals surface area contributed by atoms with E-state index in [1.165, 1.54) is 0 Å². The summed E-state index contributed by atoms with van der Waals surface area (Å²) >= 11 is 0. The molecule has 0 bridgehead atoms. The molecule has 0 saturated heterocycles. The molecule has 0 aliphatic carbocycles. The highest BCUT2D eigenvalue weighted by molar-refractivity contribution is 5.25. The van der Waals surface area contributed by atoms with Gasteiger partial charge in [0, 0.05) is 32.0 Å². The van der Waals surface area contributed by atoms with Gasteiger partial charge in [0.2, 0.25) is 5.95 Å². The SMILES string of the molecule is CCC(N)CNc1nccn1C. The van der Waals surface area contributed by atoms with Gasteiger partial charge in [-0.2, -0.15) is 0 Å². The monoisotopic (exact) mass is 168 g/mol. The fraction of sp³-hybridized carbons (Fsp3) is 0.625. The van der Waals surface area contributed by atoms with E-state index in [2.05, 4.69) is 17.2 Å². The van der Waals surface area contributed by atoms with Crippen LogP contribution >= 0.6 is 0 Å². The van der Waals surface area contributed by atoms with E-state index in [1.54, 1.807) is 6.20 Å². The third-order valence-corrected chi connectivity index (χ3v) is 1.87. The summed E-state index contributed by atoms with van der Waals surface area (Å²) in [4.78, 5) is 4.12. The van der Waals surface area contributed by atoms with E-state index in [0.29, 0.717) is 0 Å². The maximum atomic E-state index is 5.74. The number of nitrogens with one attached hydrogen (secondary N) is 1. The summed E-state index contributed by atoms with van der Waals surface area (Å²) in [5.41, 5.74) is 5.74. The van der Waals surface area contributed by atoms with Crippen molar-refractivity contribution in [2.24, 2.45) is 12.8 Å². The maximum absolute atomic E-state index is 5.74. The fourth-order valence-electron chi connectivity index (χ4n) is 0.903. The molecule has 68 valence electrons. The molecule has 0 amide bonds. The van der Waals surface area contributed by atoms with Crippen molar-refractivity contribution in [1.82, 2.24) is 9.55 Å². The van der Waals surface area contributed by atoms with E-state index in [4.69, 9.17) is 5.73 Å². The zero-order valence-corrected chi connectivity index (χ0v) is 7.62. The summed E-state index contributed by atoms with van der Waals surface area (Å²) < 4.78 is 1.93. The van der Waals surface area contributed by atoms with E-state index in [1.807, 2.05) is 17.8 Å². The van der Waals surface area contributed by atoms with Gasteiger partial charge in [-0.1, -0.05) is 6.92 Å². The van der Waals surface area contributed by atoms with E-state index < -0.39 is 0 Å². The van der Waals surface area contributed by atoms with Crippen LogP contribution in [0.2, 0.25) is 0 Å². The van der Waals surface area contributed by atoms with Crippen molar-refractivity contribution in [1.29, 1.82) is 0 Å². The Kier molecular flexibility index (Phi) is 3.10. The fourth-order valence-corrected chi connectivity index (χ4v) is 0.903. The maximum Gasteiger partial charge on any atom is 0.202 e. The Morgan fingerprint density at radius 3 is 3.00 bits per heavy atom. The van der Waals surface area contributed by atoms with E-state index >= 15 is 0 Å². The average molecular weight is 168 g/mol. The highest BCUT2D eigenvalue weighted by Gasteiger charge is 2.00. The van der Waals surface area contributed by atoms with Crippen LogP contribution < -0.4 is 11.1 Å². The summed E-state index contributed by atoms with van der Waals surface area (Å²) in [6.45, 7) is 2.85. The predicted octanol–water partition coefficient (Wildman–Crippen LogP) is 0.569. The Morgan fingerprint density at radius 2 is 2.50 bits per heavy atom. The van der Waals surface area contributed by atoms with Gasteiger partial charge in [0.05, 0.1) is 0 Å². The molecular weight excluding hydrogens is 152 g/mol. The second kappa shape index (κ2) is 4.11. The number of hydrogen-bond acceptors (Lipinski definition) is 3. The quantitative estimate of drug-likeness (QED) is 0.691. The minimum absolute atomic E-state index is 0.210. The number of aryl methyl sites for hydroxylation is 1. The van der Waals surface area contributed by atoms with Crippen LogP contribution in [0.5, 0.6) is 0 Å². The van der Waals surface area contributed by atoms with Crippen LogP contribution in [0.3, 0.4) is 0 Å². The Morgan fingerprint density at radius 1 is 1.75 bits per heavy atom. The lowest BCUT2D eigenvalue weighted by molar-refractivity contribution is 0.673. The molecule has 0 fully saturated rings. The van der Waals surface area contributed by atoms with Gasteiger partial charge in [-0.05, 0) is 6.42 Å². The van der Waals surface area contributed by atoms with Gasteiger partial charge in [0.15, 0.2) is 0 Å². The smallest absolute Gasteiger partial charge is 0.202 e. The lowest BCUT2D eigenvalue weighted by Gasteiger charge is -2.10. The minimum Gasteiger partial charge on any atom is -0.354 e. The van der Waals surface area contributed by atoms with Gasteiger partial charge in [-0.15, -0.1) is 0 Å². The third-order valence-electron chi connectivity index (χ3n) is 1.87. The zero-order chi connectivity index (χ0) is 8.97. The van der Waals surface area contributed by atoms with Crippen molar-refractivity contribution in [3.8, 4) is 0 Å². The van der Waals surface area contributed by atoms with E-state index in [9.17, 15) is 0 Å². The Hall–Kier alpha value is -1.03. The number of imidazole rings is 1. The van der Waals surface area contributed by atoms with Crippen LogP contribution in [0.1, 0.15) is 13.3 Å². The summed E-state index contributed by atoms with van der Waals surface area (Å²) in [6, 6.07) is 0.210.